The smallest absolute Gasteiger partial charge is 0.312 e. The SMILES string of the molecule is CC(C)(C)C(=O)OC(C#CC1CC1)C(C)(C)C. The molecular formula is C15H24O2. The molecule has 0 saturated heterocycles. The molecule has 17 heavy (non-hydrogen) atoms. The minimum atomic E-state index is -0.467. The molecule has 1 saturated carbocycles. The van der Waals surface area contributed by atoms with Crippen molar-refractivity contribution < 1.29 is 9.53 Å². The molecule has 0 spiro atoms. The second-order valence-electron chi connectivity index (χ2n) is 6.96. The molecule has 0 aromatic carbocycles. The first kappa shape index (κ1) is 14.1. The molecule has 0 amide bonds. The molecule has 96 valence electrons. The maximum Gasteiger partial charge on any atom is 0.312 e. The molecule has 1 aliphatic carbocycles. The zero-order chi connectivity index (χ0) is 13.3. The lowest BCUT2D eigenvalue weighted by Gasteiger charge is -2.29. The Morgan fingerprint density at radius 3 is 2.06 bits per heavy atom. The van der Waals surface area contributed by atoms with Crippen LogP contribution in [0, 0.1) is 28.6 Å². The highest BCUT2D eigenvalue weighted by Gasteiger charge is 2.32. The van der Waals surface area contributed by atoms with Gasteiger partial charge >= 0.3 is 5.97 Å². The lowest BCUT2D eigenvalue weighted by atomic mass is 9.88. The van der Waals surface area contributed by atoms with E-state index < -0.39 is 5.41 Å². The fraction of sp³-hybridized carbons (Fsp3) is 0.800. The highest BCUT2D eigenvalue weighted by Crippen LogP contribution is 2.29. The summed E-state index contributed by atoms with van der Waals surface area (Å²) in [5.74, 6) is 6.68. The van der Waals surface area contributed by atoms with Crippen LogP contribution in [0.4, 0.5) is 0 Å². The lowest BCUT2D eigenvalue weighted by Crippen LogP contribution is -2.35. The standard InChI is InChI=1S/C15H24O2/c1-14(2,3)12(10-9-11-7-8-11)17-13(16)15(4,5)6/h11-12H,7-8H2,1-6H3. The highest BCUT2D eigenvalue weighted by molar-refractivity contribution is 5.75. The first-order chi connectivity index (χ1) is 7.60. The largest absolute Gasteiger partial charge is 0.448 e. The van der Waals surface area contributed by atoms with Gasteiger partial charge in [0.15, 0.2) is 6.10 Å². The molecular weight excluding hydrogens is 212 g/mol. The summed E-state index contributed by atoms with van der Waals surface area (Å²) in [4.78, 5) is 11.9. The van der Waals surface area contributed by atoms with Crippen molar-refractivity contribution in [2.45, 2.75) is 60.5 Å². The third kappa shape index (κ3) is 4.81. The van der Waals surface area contributed by atoms with Crippen LogP contribution in [0.25, 0.3) is 0 Å². The van der Waals surface area contributed by atoms with E-state index in [0.29, 0.717) is 5.92 Å². The molecule has 0 aliphatic heterocycles. The van der Waals surface area contributed by atoms with E-state index in [1.807, 2.05) is 20.8 Å². The van der Waals surface area contributed by atoms with Gasteiger partial charge in [-0.1, -0.05) is 32.6 Å². The van der Waals surface area contributed by atoms with Gasteiger partial charge in [-0.2, -0.15) is 0 Å². The van der Waals surface area contributed by atoms with Crippen LogP contribution in [0.1, 0.15) is 54.4 Å². The predicted octanol–water partition coefficient (Wildman–Crippen LogP) is 3.40. The Hall–Kier alpha value is -0.970. The maximum absolute atomic E-state index is 11.9. The van der Waals surface area contributed by atoms with Gasteiger partial charge in [-0.3, -0.25) is 4.79 Å². The summed E-state index contributed by atoms with van der Waals surface area (Å²) in [5.41, 5.74) is -0.604. The van der Waals surface area contributed by atoms with Gasteiger partial charge in [0.25, 0.3) is 0 Å². The van der Waals surface area contributed by atoms with Crippen LogP contribution in [0.3, 0.4) is 0 Å². The van der Waals surface area contributed by atoms with Gasteiger partial charge in [0.1, 0.15) is 0 Å². The number of carbonyl (C=O) groups is 1. The lowest BCUT2D eigenvalue weighted by molar-refractivity contribution is -0.160. The molecule has 2 nitrogen and oxygen atoms in total. The zero-order valence-corrected chi connectivity index (χ0v) is 11.9. The van der Waals surface area contributed by atoms with E-state index in [9.17, 15) is 4.79 Å². The van der Waals surface area contributed by atoms with Gasteiger partial charge in [-0.05, 0) is 33.6 Å². The Kier molecular flexibility index (Phi) is 3.91. The molecule has 1 fully saturated rings. The van der Waals surface area contributed by atoms with E-state index in [4.69, 9.17) is 4.74 Å². The van der Waals surface area contributed by atoms with Crippen LogP contribution in [0.15, 0.2) is 0 Å². The topological polar surface area (TPSA) is 26.3 Å². The molecule has 1 unspecified atom stereocenters. The number of hydrogen-bond acceptors (Lipinski definition) is 2. The van der Waals surface area contributed by atoms with Crippen LogP contribution in [0.5, 0.6) is 0 Å². The van der Waals surface area contributed by atoms with E-state index in [2.05, 4.69) is 32.6 Å². The van der Waals surface area contributed by atoms with Crippen molar-refractivity contribution >= 4 is 5.97 Å². The van der Waals surface area contributed by atoms with Crippen LogP contribution >= 0.6 is 0 Å². The number of rotatable bonds is 1. The van der Waals surface area contributed by atoms with Crippen molar-refractivity contribution in [2.24, 2.45) is 16.7 Å². The molecule has 0 heterocycles. The van der Waals surface area contributed by atoms with Gasteiger partial charge in [-0.15, -0.1) is 0 Å². The van der Waals surface area contributed by atoms with Gasteiger partial charge in [0, 0.05) is 11.3 Å². The van der Waals surface area contributed by atoms with Crippen LogP contribution in [-0.4, -0.2) is 12.1 Å². The van der Waals surface area contributed by atoms with E-state index >= 15 is 0 Å². The molecule has 1 rings (SSSR count). The van der Waals surface area contributed by atoms with Crippen LogP contribution in [0.2, 0.25) is 0 Å². The third-order valence-corrected chi connectivity index (χ3v) is 2.62. The number of hydrogen-bond donors (Lipinski definition) is 0. The second-order valence-corrected chi connectivity index (χ2v) is 6.96. The third-order valence-electron chi connectivity index (χ3n) is 2.62. The Morgan fingerprint density at radius 2 is 1.71 bits per heavy atom. The monoisotopic (exact) mass is 236 g/mol. The Labute approximate surface area is 105 Å². The summed E-state index contributed by atoms with van der Waals surface area (Å²) in [6.45, 7) is 11.7. The number of ether oxygens (including phenoxy) is 1. The molecule has 1 aliphatic rings. The second kappa shape index (κ2) is 4.72. The van der Waals surface area contributed by atoms with Gasteiger partial charge in [0.05, 0.1) is 5.41 Å². The summed E-state index contributed by atoms with van der Waals surface area (Å²) in [7, 11) is 0. The molecule has 0 bridgehead atoms. The molecule has 0 aromatic rings. The van der Waals surface area contributed by atoms with Crippen molar-refractivity contribution in [1.82, 2.24) is 0 Å². The molecule has 0 N–H and O–H groups in total. The Bertz CT molecular complexity index is 340. The zero-order valence-electron chi connectivity index (χ0n) is 11.9. The van der Waals surface area contributed by atoms with E-state index in [0.717, 1.165) is 0 Å². The summed E-state index contributed by atoms with van der Waals surface area (Å²) >= 11 is 0. The van der Waals surface area contributed by atoms with Crippen molar-refractivity contribution in [3.05, 3.63) is 0 Å². The molecule has 0 radical (unpaired) electrons. The van der Waals surface area contributed by atoms with Crippen molar-refractivity contribution in [2.75, 3.05) is 0 Å². The van der Waals surface area contributed by atoms with Gasteiger partial charge in [-0.25, -0.2) is 0 Å². The fourth-order valence-electron chi connectivity index (χ4n) is 1.13. The molecule has 0 aromatic heterocycles. The average Bonchev–Trinajstić information content (AvgIpc) is 2.91. The normalized spacial score (nSPS) is 18.0. The minimum absolute atomic E-state index is 0.136. The minimum Gasteiger partial charge on any atom is -0.448 e. The highest BCUT2D eigenvalue weighted by atomic mass is 16.5. The van der Waals surface area contributed by atoms with Gasteiger partial charge < -0.3 is 4.74 Å². The summed E-state index contributed by atoms with van der Waals surface area (Å²) in [5, 5.41) is 0. The molecule has 2 heteroatoms. The average molecular weight is 236 g/mol. The summed E-state index contributed by atoms with van der Waals surface area (Å²) in [6.07, 6.45) is 2.07. The molecule has 1 atom stereocenters. The van der Waals surface area contributed by atoms with E-state index in [-0.39, 0.29) is 17.5 Å². The fourth-order valence-corrected chi connectivity index (χ4v) is 1.13. The maximum atomic E-state index is 11.9. The van der Waals surface area contributed by atoms with Crippen molar-refractivity contribution in [1.29, 1.82) is 0 Å². The first-order valence-corrected chi connectivity index (χ1v) is 6.33. The predicted molar refractivity (Wildman–Crippen MR) is 69.3 cm³/mol. The number of esters is 1. The number of carbonyl (C=O) groups excluding carboxylic acids is 1. The van der Waals surface area contributed by atoms with E-state index in [1.54, 1.807) is 0 Å². The Morgan fingerprint density at radius 1 is 1.18 bits per heavy atom. The van der Waals surface area contributed by atoms with Crippen molar-refractivity contribution in [3.63, 3.8) is 0 Å². The van der Waals surface area contributed by atoms with Gasteiger partial charge in [0.2, 0.25) is 0 Å². The van der Waals surface area contributed by atoms with Crippen LogP contribution < -0.4 is 0 Å². The van der Waals surface area contributed by atoms with Crippen molar-refractivity contribution in [3.8, 4) is 11.8 Å². The summed E-state index contributed by atoms with van der Waals surface area (Å²) in [6, 6.07) is 0. The summed E-state index contributed by atoms with van der Waals surface area (Å²) < 4.78 is 5.54. The van der Waals surface area contributed by atoms with Crippen LogP contribution in [-0.2, 0) is 9.53 Å². The van der Waals surface area contributed by atoms with E-state index in [1.165, 1.54) is 12.8 Å². The Balaban J connectivity index is 2.71. The first-order valence-electron chi connectivity index (χ1n) is 6.33. The quantitative estimate of drug-likeness (QED) is 0.515.